The second-order valence-electron chi connectivity index (χ2n) is 5.02. The number of rotatable bonds is 3. The first-order valence-electron chi connectivity index (χ1n) is 6.96. The van der Waals surface area contributed by atoms with Crippen LogP contribution in [-0.2, 0) is 22.5 Å². The van der Waals surface area contributed by atoms with E-state index in [9.17, 15) is 9.59 Å². The van der Waals surface area contributed by atoms with Gasteiger partial charge in [-0.25, -0.2) is 9.78 Å². The molecular formula is C15H15N3O3S. The number of nitrogens with zero attached hydrogens (tertiary/aromatic N) is 3. The first kappa shape index (κ1) is 14.6. The maximum atomic E-state index is 12.4. The van der Waals surface area contributed by atoms with E-state index in [-0.39, 0.29) is 11.6 Å². The predicted octanol–water partition coefficient (Wildman–Crippen LogP) is 1.67. The number of carbonyl (C=O) groups excluding carboxylic acids is 2. The summed E-state index contributed by atoms with van der Waals surface area (Å²) in [5.74, 6) is -0.823. The van der Waals surface area contributed by atoms with Gasteiger partial charge in [0.1, 0.15) is 0 Å². The van der Waals surface area contributed by atoms with Crippen molar-refractivity contribution in [1.82, 2.24) is 14.9 Å². The zero-order valence-corrected chi connectivity index (χ0v) is 12.9. The van der Waals surface area contributed by atoms with Gasteiger partial charge in [-0.1, -0.05) is 0 Å². The fraction of sp³-hybridized carbons (Fsp3) is 0.333. The monoisotopic (exact) mass is 317 g/mol. The van der Waals surface area contributed by atoms with Crippen molar-refractivity contribution in [2.45, 2.75) is 26.0 Å². The van der Waals surface area contributed by atoms with E-state index in [0.29, 0.717) is 13.1 Å². The summed E-state index contributed by atoms with van der Waals surface area (Å²) in [4.78, 5) is 35.0. The Kier molecular flexibility index (Phi) is 4.15. The second-order valence-corrected chi connectivity index (χ2v) is 6.02. The number of thiophene rings is 1. The van der Waals surface area contributed by atoms with Gasteiger partial charge >= 0.3 is 5.97 Å². The Morgan fingerprint density at radius 1 is 1.41 bits per heavy atom. The molecule has 0 fully saturated rings. The lowest BCUT2D eigenvalue weighted by Gasteiger charge is -2.29. The molecule has 1 atom stereocenters. The highest BCUT2D eigenvalue weighted by Crippen LogP contribution is 2.24. The molecule has 1 aliphatic heterocycles. The molecule has 3 rings (SSSR count). The average Bonchev–Trinajstić information content (AvgIpc) is 3.02. The smallest absolute Gasteiger partial charge is 0.359 e. The number of hydrogen-bond acceptors (Lipinski definition) is 6. The van der Waals surface area contributed by atoms with Crippen LogP contribution in [0.3, 0.4) is 0 Å². The van der Waals surface area contributed by atoms with E-state index in [1.807, 2.05) is 11.4 Å². The molecule has 2 aromatic heterocycles. The van der Waals surface area contributed by atoms with Crippen molar-refractivity contribution in [2.75, 3.05) is 6.54 Å². The first-order valence-corrected chi connectivity index (χ1v) is 7.84. The van der Waals surface area contributed by atoms with E-state index in [1.165, 1.54) is 29.0 Å². The molecule has 0 aromatic carbocycles. The van der Waals surface area contributed by atoms with Crippen molar-refractivity contribution < 1.29 is 14.3 Å². The highest BCUT2D eigenvalue weighted by Gasteiger charge is 2.28. The Labute approximate surface area is 131 Å². The van der Waals surface area contributed by atoms with Crippen molar-refractivity contribution in [1.29, 1.82) is 0 Å². The summed E-state index contributed by atoms with van der Waals surface area (Å²) in [6, 6.07) is 2.04. The van der Waals surface area contributed by atoms with Crippen LogP contribution in [0.4, 0.5) is 0 Å². The summed E-state index contributed by atoms with van der Waals surface area (Å²) in [6.45, 7) is 2.81. The number of ether oxygens (including phenoxy) is 1. The number of esters is 1. The summed E-state index contributed by atoms with van der Waals surface area (Å²) in [5.41, 5.74) is 1.28. The van der Waals surface area contributed by atoms with Crippen molar-refractivity contribution >= 4 is 23.2 Å². The molecule has 114 valence electrons. The van der Waals surface area contributed by atoms with E-state index in [4.69, 9.17) is 4.74 Å². The van der Waals surface area contributed by atoms with E-state index in [2.05, 4.69) is 9.97 Å². The Bertz CT molecular complexity index is 686. The van der Waals surface area contributed by atoms with Crippen LogP contribution in [0, 0.1) is 0 Å². The molecule has 6 nitrogen and oxygen atoms in total. The second kappa shape index (κ2) is 6.23. The Balaban J connectivity index is 1.62. The normalized spacial score (nSPS) is 15.0. The van der Waals surface area contributed by atoms with E-state index < -0.39 is 12.1 Å². The number of aromatic nitrogens is 2. The number of carbonyl (C=O) groups is 2. The molecule has 22 heavy (non-hydrogen) atoms. The molecule has 1 amide bonds. The Morgan fingerprint density at radius 2 is 2.27 bits per heavy atom. The van der Waals surface area contributed by atoms with Crippen LogP contribution in [0.25, 0.3) is 0 Å². The van der Waals surface area contributed by atoms with Gasteiger partial charge in [0, 0.05) is 30.4 Å². The fourth-order valence-corrected chi connectivity index (χ4v) is 3.26. The van der Waals surface area contributed by atoms with Gasteiger partial charge in [-0.2, -0.15) is 0 Å². The van der Waals surface area contributed by atoms with Crippen molar-refractivity contribution in [3.8, 4) is 0 Å². The van der Waals surface area contributed by atoms with Gasteiger partial charge in [0.15, 0.2) is 11.8 Å². The lowest BCUT2D eigenvalue weighted by Crippen LogP contribution is -2.42. The van der Waals surface area contributed by atoms with E-state index >= 15 is 0 Å². The van der Waals surface area contributed by atoms with Crippen LogP contribution in [-0.4, -0.2) is 39.4 Å². The van der Waals surface area contributed by atoms with Gasteiger partial charge in [0.05, 0.1) is 6.20 Å². The fourth-order valence-electron chi connectivity index (χ4n) is 2.37. The predicted molar refractivity (Wildman–Crippen MR) is 80.3 cm³/mol. The zero-order valence-electron chi connectivity index (χ0n) is 12.1. The molecule has 7 heteroatoms. The van der Waals surface area contributed by atoms with Gasteiger partial charge in [-0.3, -0.25) is 9.78 Å². The molecule has 1 aliphatic rings. The summed E-state index contributed by atoms with van der Waals surface area (Å²) >= 11 is 1.72. The minimum Gasteiger partial charge on any atom is -0.448 e. The molecule has 0 spiro atoms. The van der Waals surface area contributed by atoms with Gasteiger partial charge in [0.25, 0.3) is 5.91 Å². The molecule has 0 saturated heterocycles. The van der Waals surface area contributed by atoms with E-state index in [0.717, 1.165) is 6.42 Å². The first-order chi connectivity index (χ1) is 10.6. The third kappa shape index (κ3) is 2.99. The lowest BCUT2D eigenvalue weighted by molar-refractivity contribution is -0.140. The highest BCUT2D eigenvalue weighted by molar-refractivity contribution is 7.10. The minimum atomic E-state index is -0.838. The molecule has 0 bridgehead atoms. The number of hydrogen-bond donors (Lipinski definition) is 0. The quantitative estimate of drug-likeness (QED) is 0.805. The molecule has 0 saturated carbocycles. The van der Waals surface area contributed by atoms with Crippen molar-refractivity contribution in [3.63, 3.8) is 0 Å². The molecule has 0 N–H and O–H groups in total. The van der Waals surface area contributed by atoms with Gasteiger partial charge in [0.2, 0.25) is 0 Å². The topological polar surface area (TPSA) is 72.4 Å². The van der Waals surface area contributed by atoms with E-state index in [1.54, 1.807) is 23.2 Å². The largest absolute Gasteiger partial charge is 0.448 e. The summed E-state index contributed by atoms with van der Waals surface area (Å²) in [6.07, 6.45) is 4.21. The van der Waals surface area contributed by atoms with Gasteiger partial charge in [-0.05, 0) is 30.4 Å². The van der Waals surface area contributed by atoms with Crippen LogP contribution in [0.5, 0.6) is 0 Å². The average molecular weight is 317 g/mol. The number of fused-ring (bicyclic) bond motifs is 1. The molecule has 0 unspecified atom stereocenters. The van der Waals surface area contributed by atoms with Crippen LogP contribution in [0.1, 0.15) is 27.9 Å². The maximum absolute atomic E-state index is 12.4. The van der Waals surface area contributed by atoms with Crippen molar-refractivity contribution in [2.24, 2.45) is 0 Å². The molecule has 2 aromatic rings. The summed E-state index contributed by atoms with van der Waals surface area (Å²) in [7, 11) is 0. The van der Waals surface area contributed by atoms with Crippen LogP contribution < -0.4 is 0 Å². The minimum absolute atomic E-state index is 0.0981. The maximum Gasteiger partial charge on any atom is 0.359 e. The van der Waals surface area contributed by atoms with Gasteiger partial charge in [-0.15, -0.1) is 11.3 Å². The molecule has 3 heterocycles. The lowest BCUT2D eigenvalue weighted by atomic mass is 10.1. The zero-order chi connectivity index (χ0) is 15.5. The molecular weight excluding hydrogens is 302 g/mol. The number of amides is 1. The van der Waals surface area contributed by atoms with Crippen molar-refractivity contribution in [3.05, 3.63) is 46.2 Å². The molecule has 0 aliphatic carbocycles. The SMILES string of the molecule is C[C@@H](OC(=O)c1cnccn1)C(=O)N1CCc2sccc2C1. The third-order valence-corrected chi connectivity index (χ3v) is 4.55. The third-order valence-electron chi connectivity index (χ3n) is 3.52. The van der Waals surface area contributed by atoms with Gasteiger partial charge < -0.3 is 9.64 Å². The summed E-state index contributed by atoms with van der Waals surface area (Å²) < 4.78 is 5.19. The molecule has 0 radical (unpaired) electrons. The van der Waals surface area contributed by atoms with Crippen LogP contribution >= 0.6 is 11.3 Å². The van der Waals surface area contributed by atoms with Crippen LogP contribution in [0.15, 0.2) is 30.0 Å². The highest BCUT2D eigenvalue weighted by atomic mass is 32.1. The Hall–Kier alpha value is -2.28. The van der Waals surface area contributed by atoms with Crippen LogP contribution in [0.2, 0.25) is 0 Å². The standard InChI is InChI=1S/C15H15N3O3S/c1-10(21-15(20)12-8-16-4-5-17-12)14(19)18-6-2-13-11(9-18)3-7-22-13/h3-5,7-8,10H,2,6,9H2,1H3/t10-/m1/s1. The summed E-state index contributed by atoms with van der Waals surface area (Å²) in [5, 5.41) is 2.04. The Morgan fingerprint density at radius 3 is 3.05 bits per heavy atom.